The maximum absolute atomic E-state index is 12.2. The molecule has 0 spiro atoms. The standard InChI is InChI=1S/C18H21NO4/c1-6-12-7-9-13(10-8-12)14-11-18(14,15(20)22-5)19-16(21)23-17(2,3)4/h1,7-10,14H,11H2,2-5H3,(H,19,21)/t14-,18+/m1/s1. The van der Waals surface area contributed by atoms with E-state index < -0.39 is 23.2 Å². The number of carbonyl (C=O) groups excluding carboxylic acids is 2. The van der Waals surface area contributed by atoms with E-state index in [2.05, 4.69) is 11.2 Å². The number of terminal acetylenes is 1. The Hall–Kier alpha value is -2.48. The van der Waals surface area contributed by atoms with Crippen molar-refractivity contribution in [3.63, 3.8) is 0 Å². The zero-order chi connectivity index (χ0) is 17.3. The Morgan fingerprint density at radius 1 is 1.30 bits per heavy atom. The fraction of sp³-hybridized carbons (Fsp3) is 0.444. The molecule has 5 nitrogen and oxygen atoms in total. The second-order valence-corrected chi connectivity index (χ2v) is 6.61. The van der Waals surface area contributed by atoms with Crippen molar-refractivity contribution >= 4 is 12.1 Å². The van der Waals surface area contributed by atoms with Crippen LogP contribution >= 0.6 is 0 Å². The number of alkyl carbamates (subject to hydrolysis) is 1. The monoisotopic (exact) mass is 315 g/mol. The predicted molar refractivity (Wildman–Crippen MR) is 85.9 cm³/mol. The largest absolute Gasteiger partial charge is 0.467 e. The predicted octanol–water partition coefficient (Wildman–Crippen LogP) is 2.59. The average molecular weight is 315 g/mol. The minimum atomic E-state index is -1.07. The molecular weight excluding hydrogens is 294 g/mol. The fourth-order valence-corrected chi connectivity index (χ4v) is 2.56. The SMILES string of the molecule is C#Cc1ccc([C@H]2C[C@@]2(NC(=O)OC(C)(C)C)C(=O)OC)cc1. The van der Waals surface area contributed by atoms with E-state index in [4.69, 9.17) is 15.9 Å². The quantitative estimate of drug-likeness (QED) is 0.688. The van der Waals surface area contributed by atoms with E-state index in [0.29, 0.717) is 6.42 Å². The summed E-state index contributed by atoms with van der Waals surface area (Å²) in [6.07, 6.45) is 5.17. The van der Waals surface area contributed by atoms with Gasteiger partial charge in [0.15, 0.2) is 0 Å². The number of rotatable bonds is 3. The highest BCUT2D eigenvalue weighted by molar-refractivity contribution is 5.91. The summed E-state index contributed by atoms with van der Waals surface area (Å²) in [6.45, 7) is 5.29. The second kappa shape index (κ2) is 5.96. The first kappa shape index (κ1) is 16.9. The molecule has 0 saturated heterocycles. The molecule has 5 heteroatoms. The van der Waals surface area contributed by atoms with Crippen molar-refractivity contribution in [2.45, 2.75) is 44.2 Å². The van der Waals surface area contributed by atoms with Gasteiger partial charge in [-0.3, -0.25) is 0 Å². The van der Waals surface area contributed by atoms with Crippen molar-refractivity contribution < 1.29 is 19.1 Å². The van der Waals surface area contributed by atoms with Crippen LogP contribution in [0.15, 0.2) is 24.3 Å². The summed E-state index contributed by atoms with van der Waals surface area (Å²) in [5.74, 6) is 1.91. The molecule has 2 rings (SSSR count). The molecule has 0 unspecified atom stereocenters. The number of methoxy groups -OCH3 is 1. The zero-order valence-electron chi connectivity index (χ0n) is 13.8. The van der Waals surface area contributed by atoms with Crippen molar-refractivity contribution in [3.8, 4) is 12.3 Å². The van der Waals surface area contributed by atoms with Gasteiger partial charge in [-0.25, -0.2) is 9.59 Å². The number of hydrogen-bond acceptors (Lipinski definition) is 4. The highest BCUT2D eigenvalue weighted by atomic mass is 16.6. The first-order valence-electron chi connectivity index (χ1n) is 7.38. The molecule has 1 aromatic rings. The Morgan fingerprint density at radius 2 is 1.91 bits per heavy atom. The Balaban J connectivity index is 2.18. The molecule has 1 aromatic carbocycles. The van der Waals surface area contributed by atoms with Crippen LogP contribution in [0.25, 0.3) is 0 Å². The van der Waals surface area contributed by atoms with E-state index in [1.165, 1.54) is 7.11 Å². The highest BCUT2D eigenvalue weighted by Gasteiger charge is 2.63. The van der Waals surface area contributed by atoms with Gasteiger partial charge in [0.1, 0.15) is 11.1 Å². The van der Waals surface area contributed by atoms with E-state index in [1.54, 1.807) is 20.8 Å². The van der Waals surface area contributed by atoms with Gasteiger partial charge >= 0.3 is 12.1 Å². The molecule has 122 valence electrons. The molecule has 1 saturated carbocycles. The summed E-state index contributed by atoms with van der Waals surface area (Å²) in [4.78, 5) is 24.2. The summed E-state index contributed by atoms with van der Waals surface area (Å²) in [7, 11) is 1.30. The number of amides is 1. The topological polar surface area (TPSA) is 64.6 Å². The van der Waals surface area contributed by atoms with E-state index in [9.17, 15) is 9.59 Å². The van der Waals surface area contributed by atoms with E-state index >= 15 is 0 Å². The van der Waals surface area contributed by atoms with Gasteiger partial charge in [0, 0.05) is 11.5 Å². The number of ether oxygens (including phenoxy) is 2. The molecule has 1 amide bonds. The third kappa shape index (κ3) is 3.65. The van der Waals surface area contributed by atoms with Gasteiger partial charge in [0.05, 0.1) is 7.11 Å². The summed E-state index contributed by atoms with van der Waals surface area (Å²) in [5.41, 5.74) is -0.0294. The molecule has 1 N–H and O–H groups in total. The molecule has 23 heavy (non-hydrogen) atoms. The zero-order valence-corrected chi connectivity index (χ0v) is 13.8. The molecule has 0 aliphatic heterocycles. The van der Waals surface area contributed by atoms with Crippen molar-refractivity contribution in [3.05, 3.63) is 35.4 Å². The lowest BCUT2D eigenvalue weighted by Crippen LogP contribution is -2.47. The summed E-state index contributed by atoms with van der Waals surface area (Å²) in [6, 6.07) is 7.34. The van der Waals surface area contributed by atoms with E-state index in [1.807, 2.05) is 24.3 Å². The molecular formula is C18H21NO4. The van der Waals surface area contributed by atoms with Crippen LogP contribution in [0.5, 0.6) is 0 Å². The molecule has 0 heterocycles. The number of benzene rings is 1. The van der Waals surface area contributed by atoms with Crippen LogP contribution in [0.1, 0.15) is 44.2 Å². The highest BCUT2D eigenvalue weighted by Crippen LogP contribution is 2.52. The molecule has 1 fully saturated rings. The maximum Gasteiger partial charge on any atom is 0.408 e. The lowest BCUT2D eigenvalue weighted by Gasteiger charge is -2.23. The van der Waals surface area contributed by atoms with Crippen LogP contribution in [0.3, 0.4) is 0 Å². The fourth-order valence-electron chi connectivity index (χ4n) is 2.56. The van der Waals surface area contributed by atoms with Crippen LogP contribution in [0.4, 0.5) is 4.79 Å². The van der Waals surface area contributed by atoms with Crippen molar-refractivity contribution in [1.29, 1.82) is 0 Å². The van der Waals surface area contributed by atoms with Gasteiger partial charge in [0.25, 0.3) is 0 Å². The lowest BCUT2D eigenvalue weighted by atomic mass is 10.0. The summed E-state index contributed by atoms with van der Waals surface area (Å²) < 4.78 is 10.1. The second-order valence-electron chi connectivity index (χ2n) is 6.61. The van der Waals surface area contributed by atoms with Gasteiger partial charge in [-0.2, -0.15) is 0 Å². The van der Waals surface area contributed by atoms with Gasteiger partial charge in [0.2, 0.25) is 0 Å². The normalized spacial score (nSPS) is 22.7. The first-order valence-corrected chi connectivity index (χ1v) is 7.38. The number of hydrogen-bond donors (Lipinski definition) is 1. The van der Waals surface area contributed by atoms with Crippen molar-refractivity contribution in [1.82, 2.24) is 5.32 Å². The summed E-state index contributed by atoms with van der Waals surface area (Å²) in [5, 5.41) is 2.68. The van der Waals surface area contributed by atoms with Crippen LogP contribution in [-0.4, -0.2) is 30.3 Å². The Morgan fingerprint density at radius 3 is 2.39 bits per heavy atom. The number of nitrogens with one attached hydrogen (secondary N) is 1. The third-order valence-corrected chi connectivity index (χ3v) is 3.71. The van der Waals surface area contributed by atoms with Gasteiger partial charge in [-0.15, -0.1) is 6.42 Å². The minimum Gasteiger partial charge on any atom is -0.467 e. The minimum absolute atomic E-state index is 0.158. The average Bonchev–Trinajstić information content (AvgIpc) is 3.19. The van der Waals surface area contributed by atoms with Gasteiger partial charge in [-0.1, -0.05) is 18.1 Å². The van der Waals surface area contributed by atoms with Gasteiger partial charge < -0.3 is 14.8 Å². The van der Waals surface area contributed by atoms with Crippen molar-refractivity contribution in [2.24, 2.45) is 0 Å². The number of esters is 1. The van der Waals surface area contributed by atoms with E-state index in [0.717, 1.165) is 11.1 Å². The van der Waals surface area contributed by atoms with Crippen LogP contribution in [0, 0.1) is 12.3 Å². The molecule has 1 aliphatic carbocycles. The van der Waals surface area contributed by atoms with Crippen LogP contribution in [-0.2, 0) is 14.3 Å². The maximum atomic E-state index is 12.2. The molecule has 0 radical (unpaired) electrons. The van der Waals surface area contributed by atoms with Crippen molar-refractivity contribution in [2.75, 3.05) is 7.11 Å². The van der Waals surface area contributed by atoms with Crippen LogP contribution in [0.2, 0.25) is 0 Å². The van der Waals surface area contributed by atoms with Gasteiger partial charge in [-0.05, 0) is 44.9 Å². The Labute approximate surface area is 136 Å². The molecule has 0 bridgehead atoms. The first-order chi connectivity index (χ1) is 10.7. The summed E-state index contributed by atoms with van der Waals surface area (Å²) >= 11 is 0. The smallest absolute Gasteiger partial charge is 0.408 e. The molecule has 0 aromatic heterocycles. The lowest BCUT2D eigenvalue weighted by molar-refractivity contribution is -0.144. The molecule has 1 aliphatic rings. The number of carbonyl (C=O) groups is 2. The van der Waals surface area contributed by atoms with E-state index in [-0.39, 0.29) is 5.92 Å². The Bertz CT molecular complexity index is 651. The molecule has 2 atom stereocenters. The van der Waals surface area contributed by atoms with Crippen LogP contribution < -0.4 is 5.32 Å². The Kier molecular flexibility index (Phi) is 4.37. The third-order valence-electron chi connectivity index (χ3n) is 3.71.